The predicted molar refractivity (Wildman–Crippen MR) is 116 cm³/mol. The summed E-state index contributed by atoms with van der Waals surface area (Å²) in [4.78, 5) is 29.8. The van der Waals surface area contributed by atoms with Gasteiger partial charge in [0, 0.05) is 11.6 Å². The fourth-order valence-electron chi connectivity index (χ4n) is 2.88. The summed E-state index contributed by atoms with van der Waals surface area (Å²) in [5.74, 6) is -0.873. The molecule has 0 fully saturated rings. The van der Waals surface area contributed by atoms with Crippen LogP contribution in [0.15, 0.2) is 52.4 Å². The molecule has 0 aliphatic heterocycles. The number of nitrogens with zero attached hydrogens (tertiary/aromatic N) is 2. The zero-order valence-corrected chi connectivity index (χ0v) is 17.5. The first-order chi connectivity index (χ1) is 14.0. The number of amides is 1. The van der Waals surface area contributed by atoms with Crippen molar-refractivity contribution in [2.45, 2.75) is 37.9 Å². The SMILES string of the molecule is CCCCCn1c(SCC(=O)Nc2ccccc2F)nc2cc(Cl)ccc2c1=O. The Morgan fingerprint density at radius 3 is 2.79 bits per heavy atom. The quantitative estimate of drug-likeness (QED) is 0.304. The number of aromatic nitrogens is 2. The highest BCUT2D eigenvalue weighted by atomic mass is 35.5. The highest BCUT2D eigenvalue weighted by Gasteiger charge is 2.14. The third kappa shape index (κ3) is 5.36. The van der Waals surface area contributed by atoms with Crippen LogP contribution in [0.1, 0.15) is 26.2 Å². The molecule has 2 aromatic carbocycles. The van der Waals surface area contributed by atoms with Crippen LogP contribution in [0.4, 0.5) is 10.1 Å². The number of anilines is 1. The van der Waals surface area contributed by atoms with E-state index in [1.54, 1.807) is 34.9 Å². The molecule has 0 aliphatic carbocycles. The Labute approximate surface area is 177 Å². The molecule has 0 radical (unpaired) electrons. The lowest BCUT2D eigenvalue weighted by Gasteiger charge is -2.13. The number of para-hydroxylation sites is 1. The van der Waals surface area contributed by atoms with E-state index in [-0.39, 0.29) is 22.9 Å². The van der Waals surface area contributed by atoms with Crippen molar-refractivity contribution in [3.8, 4) is 0 Å². The number of hydrogen-bond acceptors (Lipinski definition) is 4. The molecule has 8 heteroatoms. The molecule has 29 heavy (non-hydrogen) atoms. The molecular weight excluding hydrogens is 413 g/mol. The summed E-state index contributed by atoms with van der Waals surface area (Å²) in [5, 5.41) is 3.97. The summed E-state index contributed by atoms with van der Waals surface area (Å²) in [6, 6.07) is 10.9. The first-order valence-corrected chi connectivity index (χ1v) is 10.7. The molecule has 0 spiro atoms. The van der Waals surface area contributed by atoms with E-state index in [0.717, 1.165) is 31.0 Å². The Hall–Kier alpha value is -2.38. The Morgan fingerprint density at radius 2 is 2.03 bits per heavy atom. The van der Waals surface area contributed by atoms with Crippen molar-refractivity contribution in [2.24, 2.45) is 0 Å². The number of hydrogen-bond donors (Lipinski definition) is 1. The molecule has 5 nitrogen and oxygen atoms in total. The van der Waals surface area contributed by atoms with Crippen LogP contribution < -0.4 is 10.9 Å². The summed E-state index contributed by atoms with van der Waals surface area (Å²) in [6.07, 6.45) is 2.86. The lowest BCUT2D eigenvalue weighted by atomic mass is 10.2. The molecule has 0 saturated heterocycles. The second-order valence-electron chi connectivity index (χ2n) is 6.54. The van der Waals surface area contributed by atoms with E-state index < -0.39 is 5.82 Å². The number of nitrogens with one attached hydrogen (secondary N) is 1. The molecule has 0 aliphatic rings. The Balaban J connectivity index is 1.84. The number of unbranched alkanes of at least 4 members (excludes halogenated alkanes) is 2. The number of carbonyl (C=O) groups is 1. The van der Waals surface area contributed by atoms with Gasteiger partial charge < -0.3 is 5.32 Å². The van der Waals surface area contributed by atoms with Gasteiger partial charge in [-0.15, -0.1) is 0 Å². The average Bonchev–Trinajstić information content (AvgIpc) is 2.70. The van der Waals surface area contributed by atoms with Gasteiger partial charge in [0.1, 0.15) is 5.82 Å². The molecule has 1 amide bonds. The summed E-state index contributed by atoms with van der Waals surface area (Å²) in [6.45, 7) is 2.61. The van der Waals surface area contributed by atoms with Gasteiger partial charge in [0.25, 0.3) is 5.56 Å². The molecule has 3 aromatic rings. The minimum absolute atomic E-state index is 0.000619. The summed E-state index contributed by atoms with van der Waals surface area (Å²) >= 11 is 7.19. The minimum atomic E-state index is -0.499. The van der Waals surface area contributed by atoms with E-state index in [1.165, 1.54) is 12.1 Å². The maximum Gasteiger partial charge on any atom is 0.262 e. The molecule has 0 atom stereocenters. The number of thioether (sulfide) groups is 1. The van der Waals surface area contributed by atoms with Gasteiger partial charge in [-0.25, -0.2) is 9.37 Å². The van der Waals surface area contributed by atoms with Gasteiger partial charge in [0.2, 0.25) is 5.91 Å². The summed E-state index contributed by atoms with van der Waals surface area (Å²) in [5.41, 5.74) is 0.461. The summed E-state index contributed by atoms with van der Waals surface area (Å²) < 4.78 is 15.3. The molecule has 0 unspecified atom stereocenters. The second kappa shape index (κ2) is 9.89. The third-order valence-electron chi connectivity index (χ3n) is 4.35. The van der Waals surface area contributed by atoms with Crippen molar-refractivity contribution < 1.29 is 9.18 Å². The van der Waals surface area contributed by atoms with Gasteiger partial charge in [0.05, 0.1) is 22.3 Å². The maximum atomic E-state index is 13.7. The number of benzene rings is 2. The van der Waals surface area contributed by atoms with Crippen molar-refractivity contribution in [3.05, 3.63) is 63.7 Å². The van der Waals surface area contributed by atoms with Crippen LogP contribution in [0.3, 0.4) is 0 Å². The zero-order chi connectivity index (χ0) is 20.8. The van der Waals surface area contributed by atoms with E-state index in [0.29, 0.717) is 27.6 Å². The van der Waals surface area contributed by atoms with Crippen molar-refractivity contribution in [1.82, 2.24) is 9.55 Å². The average molecular weight is 434 g/mol. The minimum Gasteiger partial charge on any atom is -0.323 e. The lowest BCUT2D eigenvalue weighted by Crippen LogP contribution is -2.24. The fourth-order valence-corrected chi connectivity index (χ4v) is 3.87. The lowest BCUT2D eigenvalue weighted by molar-refractivity contribution is -0.113. The smallest absolute Gasteiger partial charge is 0.262 e. The van der Waals surface area contributed by atoms with E-state index in [4.69, 9.17) is 11.6 Å². The molecule has 152 valence electrons. The standard InChI is InChI=1S/C21H21ClFN3O2S/c1-2-3-6-11-26-20(28)15-10-9-14(22)12-18(15)25-21(26)29-13-19(27)24-17-8-5-4-7-16(17)23/h4-5,7-10,12H,2-3,6,11,13H2,1H3,(H,24,27). The highest BCUT2D eigenvalue weighted by molar-refractivity contribution is 7.99. The second-order valence-corrected chi connectivity index (χ2v) is 7.92. The zero-order valence-electron chi connectivity index (χ0n) is 16.0. The van der Waals surface area contributed by atoms with Crippen molar-refractivity contribution in [3.63, 3.8) is 0 Å². The molecule has 0 saturated carbocycles. The van der Waals surface area contributed by atoms with Crippen LogP contribution >= 0.6 is 23.4 Å². The molecule has 1 N–H and O–H groups in total. The molecule has 1 heterocycles. The first-order valence-electron chi connectivity index (χ1n) is 9.37. The largest absolute Gasteiger partial charge is 0.323 e. The van der Waals surface area contributed by atoms with Gasteiger partial charge in [-0.3, -0.25) is 14.2 Å². The maximum absolute atomic E-state index is 13.7. The normalized spacial score (nSPS) is 11.0. The number of fused-ring (bicyclic) bond motifs is 1. The molecular formula is C21H21ClFN3O2S. The van der Waals surface area contributed by atoms with E-state index in [2.05, 4.69) is 17.2 Å². The van der Waals surface area contributed by atoms with Crippen LogP contribution in [0, 0.1) is 5.82 Å². The topological polar surface area (TPSA) is 64.0 Å². The van der Waals surface area contributed by atoms with Crippen LogP contribution in [0.5, 0.6) is 0 Å². The fraction of sp³-hybridized carbons (Fsp3) is 0.286. The van der Waals surface area contributed by atoms with E-state index >= 15 is 0 Å². The van der Waals surface area contributed by atoms with Gasteiger partial charge in [-0.05, 0) is 36.8 Å². The number of halogens is 2. The third-order valence-corrected chi connectivity index (χ3v) is 5.56. The van der Waals surface area contributed by atoms with Gasteiger partial charge in [-0.2, -0.15) is 0 Å². The van der Waals surface area contributed by atoms with Crippen molar-refractivity contribution in [1.29, 1.82) is 0 Å². The number of rotatable bonds is 8. The Kier molecular flexibility index (Phi) is 7.28. The first kappa shape index (κ1) is 21.3. The molecule has 3 rings (SSSR count). The highest BCUT2D eigenvalue weighted by Crippen LogP contribution is 2.21. The van der Waals surface area contributed by atoms with Crippen molar-refractivity contribution >= 4 is 45.9 Å². The predicted octanol–water partition coefficient (Wildman–Crippen LogP) is 5.11. The van der Waals surface area contributed by atoms with E-state index in [9.17, 15) is 14.0 Å². The Bertz CT molecular complexity index is 1090. The Morgan fingerprint density at radius 1 is 1.24 bits per heavy atom. The summed E-state index contributed by atoms with van der Waals surface area (Å²) in [7, 11) is 0. The van der Waals surface area contributed by atoms with Crippen LogP contribution in [-0.4, -0.2) is 21.2 Å². The van der Waals surface area contributed by atoms with Crippen LogP contribution in [-0.2, 0) is 11.3 Å². The van der Waals surface area contributed by atoms with Crippen molar-refractivity contribution in [2.75, 3.05) is 11.1 Å². The van der Waals surface area contributed by atoms with Crippen LogP contribution in [0.25, 0.3) is 10.9 Å². The van der Waals surface area contributed by atoms with Gasteiger partial charge in [0.15, 0.2) is 5.16 Å². The monoisotopic (exact) mass is 433 g/mol. The van der Waals surface area contributed by atoms with Gasteiger partial charge >= 0.3 is 0 Å². The van der Waals surface area contributed by atoms with Crippen LogP contribution in [0.2, 0.25) is 5.02 Å². The number of carbonyl (C=O) groups excluding carboxylic acids is 1. The van der Waals surface area contributed by atoms with Gasteiger partial charge in [-0.1, -0.05) is 55.3 Å². The molecule has 0 bridgehead atoms. The molecule has 1 aromatic heterocycles. The van der Waals surface area contributed by atoms with E-state index in [1.807, 2.05) is 0 Å².